The fourth-order valence-electron chi connectivity index (χ4n) is 9.44. The molecule has 4 aliphatic heterocycles. The van der Waals surface area contributed by atoms with Gasteiger partial charge in [-0.15, -0.1) is 0 Å². The summed E-state index contributed by atoms with van der Waals surface area (Å²) in [6.45, 7) is 6.80. The number of hydrogen-bond acceptors (Lipinski definition) is 9. The lowest BCUT2D eigenvalue weighted by molar-refractivity contribution is -0.346. The summed E-state index contributed by atoms with van der Waals surface area (Å²) >= 11 is 0. The van der Waals surface area contributed by atoms with Gasteiger partial charge in [-0.25, -0.2) is 4.79 Å². The van der Waals surface area contributed by atoms with Crippen molar-refractivity contribution in [2.75, 3.05) is 0 Å². The van der Waals surface area contributed by atoms with Gasteiger partial charge in [0.2, 0.25) is 5.79 Å². The Hall–Kier alpha value is -2.36. The van der Waals surface area contributed by atoms with Crippen molar-refractivity contribution < 1.29 is 43.6 Å². The Morgan fingerprint density at radius 3 is 2.51 bits per heavy atom. The van der Waals surface area contributed by atoms with Gasteiger partial charge in [-0.05, 0) is 56.4 Å². The molecule has 4 saturated heterocycles. The molecule has 0 aromatic rings. The van der Waals surface area contributed by atoms with Gasteiger partial charge in [-0.3, -0.25) is 14.4 Å². The molecule has 3 aliphatic carbocycles. The van der Waals surface area contributed by atoms with Crippen molar-refractivity contribution in [1.82, 2.24) is 0 Å². The van der Waals surface area contributed by atoms with E-state index in [0.29, 0.717) is 0 Å². The number of carbonyl (C=O) groups is 4. The second-order valence-corrected chi connectivity index (χ2v) is 12.9. The average Bonchev–Trinajstić information content (AvgIpc) is 3.19. The van der Waals surface area contributed by atoms with E-state index in [1.54, 1.807) is 19.9 Å². The maximum atomic E-state index is 14.6. The Morgan fingerprint density at radius 2 is 1.78 bits per heavy atom. The summed E-state index contributed by atoms with van der Waals surface area (Å²) < 4.78 is 18.1. The summed E-state index contributed by atoms with van der Waals surface area (Å²) in [5.74, 6) is -7.88. The number of Topliss-reactive ketones (excluding diaryl/α,β-unsaturated/α-hetero) is 2. The first-order valence-corrected chi connectivity index (χ1v) is 13.3. The van der Waals surface area contributed by atoms with E-state index in [1.807, 2.05) is 19.1 Å². The lowest BCUT2D eigenvalue weighted by Crippen LogP contribution is -2.78. The number of ether oxygens (including phenoxy) is 3. The molecule has 7 rings (SSSR count). The van der Waals surface area contributed by atoms with Gasteiger partial charge in [0.15, 0.2) is 22.6 Å². The third kappa shape index (κ3) is 2.17. The number of rotatable bonds is 0. The molecule has 9 heteroatoms. The smallest absolute Gasteiger partial charge is 0.342 e. The highest BCUT2D eigenvalue weighted by atomic mass is 16.7. The zero-order chi connectivity index (χ0) is 26.6. The van der Waals surface area contributed by atoms with Crippen LogP contribution in [0.25, 0.3) is 0 Å². The van der Waals surface area contributed by atoms with E-state index >= 15 is 0 Å². The quantitative estimate of drug-likeness (QED) is 0.463. The van der Waals surface area contributed by atoms with Crippen LogP contribution in [-0.2, 0) is 33.4 Å². The first-order valence-electron chi connectivity index (χ1n) is 13.3. The Bertz CT molecular complexity index is 1270. The van der Waals surface area contributed by atoms with Crippen LogP contribution in [0.15, 0.2) is 23.8 Å². The highest BCUT2D eigenvalue weighted by Crippen LogP contribution is 2.73. The van der Waals surface area contributed by atoms with Gasteiger partial charge < -0.3 is 24.4 Å². The van der Waals surface area contributed by atoms with Crippen LogP contribution in [0.3, 0.4) is 0 Å². The predicted molar refractivity (Wildman–Crippen MR) is 124 cm³/mol. The van der Waals surface area contributed by atoms with Crippen LogP contribution in [0.1, 0.15) is 59.8 Å². The molecule has 37 heavy (non-hydrogen) atoms. The summed E-state index contributed by atoms with van der Waals surface area (Å²) in [4.78, 5) is 54.5. The topological polar surface area (TPSA) is 136 Å². The zero-order valence-corrected chi connectivity index (χ0v) is 21.4. The Labute approximate surface area is 214 Å². The molecule has 9 nitrogen and oxygen atoms in total. The third-order valence-electron chi connectivity index (χ3n) is 11.8. The maximum Gasteiger partial charge on any atom is 0.342 e. The largest absolute Gasteiger partial charge is 0.458 e. The molecule has 0 aromatic heterocycles. The van der Waals surface area contributed by atoms with Crippen molar-refractivity contribution in [2.45, 2.75) is 88.5 Å². The molecule has 0 unspecified atom stereocenters. The molecule has 2 N–H and O–H groups in total. The van der Waals surface area contributed by atoms with Gasteiger partial charge >= 0.3 is 11.9 Å². The second-order valence-electron chi connectivity index (χ2n) is 12.9. The van der Waals surface area contributed by atoms with Crippen molar-refractivity contribution in [2.24, 2.45) is 34.5 Å². The number of allylic oxidation sites excluding steroid dienone is 4. The third-order valence-corrected chi connectivity index (χ3v) is 11.8. The van der Waals surface area contributed by atoms with Crippen LogP contribution in [0.2, 0.25) is 0 Å². The fourth-order valence-corrected chi connectivity index (χ4v) is 9.44. The molecule has 5 fully saturated rings. The molecule has 4 heterocycles. The minimum Gasteiger partial charge on any atom is -0.458 e. The van der Waals surface area contributed by atoms with Crippen LogP contribution < -0.4 is 0 Å². The summed E-state index contributed by atoms with van der Waals surface area (Å²) in [6.07, 6.45) is 5.45. The van der Waals surface area contributed by atoms with Crippen molar-refractivity contribution in [1.29, 1.82) is 0 Å². The predicted octanol–water partition coefficient (Wildman–Crippen LogP) is 1.54. The van der Waals surface area contributed by atoms with E-state index in [4.69, 9.17) is 14.2 Å². The molecule has 0 radical (unpaired) electrons. The number of esters is 2. The minimum atomic E-state index is -2.39. The van der Waals surface area contributed by atoms with E-state index in [9.17, 15) is 29.4 Å². The summed E-state index contributed by atoms with van der Waals surface area (Å²) in [5, 5.41) is 24.6. The van der Waals surface area contributed by atoms with Crippen LogP contribution in [0.5, 0.6) is 0 Å². The van der Waals surface area contributed by atoms with E-state index < -0.39 is 80.9 Å². The minimum absolute atomic E-state index is 0.0426. The zero-order valence-electron chi connectivity index (χ0n) is 21.4. The van der Waals surface area contributed by atoms with Crippen molar-refractivity contribution >= 4 is 23.5 Å². The number of carbonyl (C=O) groups excluding carboxylic acids is 4. The normalized spacial score (nSPS) is 57.4. The number of aliphatic hydroxyl groups is 2. The number of ketones is 2. The van der Waals surface area contributed by atoms with Gasteiger partial charge in [0.1, 0.15) is 11.9 Å². The standard InChI is InChI=1S/C28H32O9/c1-13-21(31)35-18-12-23(13,2)19-20(30)27(34)16-9-8-14-6-5-7-17(29)24(14,3)15(16)10-11-26(33)22(32)36-25(18,4)28(19,26)37-27/h5-6,8,13,15-16,18-19,33-34H,7,9-12H2,1-4H3/t13-,15+,16-,18-,19+,23-,24+,25+,26-,27+,28+/m1/s1. The molecule has 7 aliphatic rings. The highest BCUT2D eigenvalue weighted by Gasteiger charge is 2.91. The molecule has 4 bridgehead atoms. The Morgan fingerprint density at radius 1 is 1.05 bits per heavy atom. The molecule has 0 amide bonds. The van der Waals surface area contributed by atoms with E-state index in [0.717, 1.165) is 5.57 Å². The van der Waals surface area contributed by atoms with Gasteiger partial charge in [-0.2, -0.15) is 0 Å². The molecule has 1 spiro atoms. The lowest BCUT2D eigenvalue weighted by atomic mass is 9.46. The fraction of sp³-hybridized carbons (Fsp3) is 0.714. The summed E-state index contributed by atoms with van der Waals surface area (Å²) in [6, 6.07) is 0. The number of fused-ring (bicyclic) bond motifs is 9. The van der Waals surface area contributed by atoms with Crippen molar-refractivity contribution in [3.05, 3.63) is 23.8 Å². The number of hydrogen-bond donors (Lipinski definition) is 2. The van der Waals surface area contributed by atoms with E-state index in [2.05, 4.69) is 0 Å². The monoisotopic (exact) mass is 512 g/mol. The SMILES string of the molecule is C[C@@H]1C(=O)O[C@@H]2C[C@@]1(C)[C@@H]1C(=O)[C@@]3(O)O[C@@]14[C@@](O)(CC[C@H]1[C@H]3CC=C3C=CCC(=O)[C@@]31C)C(=O)O[C@@]24C. The second kappa shape index (κ2) is 6.43. The highest BCUT2D eigenvalue weighted by molar-refractivity contribution is 5.99. The van der Waals surface area contributed by atoms with Gasteiger partial charge in [0.05, 0.1) is 17.3 Å². The van der Waals surface area contributed by atoms with Crippen molar-refractivity contribution in [3.63, 3.8) is 0 Å². The van der Waals surface area contributed by atoms with Gasteiger partial charge in [0, 0.05) is 12.3 Å². The summed E-state index contributed by atoms with van der Waals surface area (Å²) in [5.41, 5.74) is -7.19. The molecule has 198 valence electrons. The van der Waals surface area contributed by atoms with Crippen LogP contribution >= 0.6 is 0 Å². The Kier molecular flexibility index (Phi) is 4.13. The average molecular weight is 513 g/mol. The lowest BCUT2D eigenvalue weighted by Gasteiger charge is -2.61. The van der Waals surface area contributed by atoms with Crippen LogP contribution in [0, 0.1) is 34.5 Å². The van der Waals surface area contributed by atoms with Gasteiger partial charge in [0.25, 0.3) is 0 Å². The van der Waals surface area contributed by atoms with Crippen molar-refractivity contribution in [3.8, 4) is 0 Å². The summed E-state index contributed by atoms with van der Waals surface area (Å²) in [7, 11) is 0. The molecule has 11 atom stereocenters. The van der Waals surface area contributed by atoms with Crippen LogP contribution in [0.4, 0.5) is 0 Å². The maximum absolute atomic E-state index is 14.6. The van der Waals surface area contributed by atoms with Gasteiger partial charge in [-0.1, -0.05) is 32.1 Å². The molecule has 1 saturated carbocycles. The molecule has 0 aromatic carbocycles. The van der Waals surface area contributed by atoms with Crippen LogP contribution in [-0.4, -0.2) is 62.4 Å². The molecular weight excluding hydrogens is 480 g/mol. The Balaban J connectivity index is 1.50. The van der Waals surface area contributed by atoms with E-state index in [-0.39, 0.29) is 37.9 Å². The van der Waals surface area contributed by atoms with E-state index in [1.165, 1.54) is 6.92 Å². The molecular formula is C28H32O9. The first kappa shape index (κ1) is 23.7. The first-order chi connectivity index (χ1) is 17.2.